The van der Waals surface area contributed by atoms with Crippen molar-refractivity contribution in [3.8, 4) is 0 Å². The summed E-state index contributed by atoms with van der Waals surface area (Å²) >= 11 is 0. The van der Waals surface area contributed by atoms with E-state index in [1.807, 2.05) is 26.0 Å². The zero-order valence-corrected chi connectivity index (χ0v) is 17.6. The van der Waals surface area contributed by atoms with E-state index in [4.69, 9.17) is 5.73 Å². The summed E-state index contributed by atoms with van der Waals surface area (Å²) in [6.07, 6.45) is 1.15. The number of primary amides is 1. The standard InChI is InChI=1S/C22H33N3O3/c1-14(2)18(21(28)25-12-10-15(11-13-25)19(23)26)24-20(27)16-6-8-17(9-7-16)22(3,4)5/h6-9,14-15,18H,10-13H2,1-5H3,(H2,23,26)(H,24,27). The van der Waals surface area contributed by atoms with Crippen LogP contribution in [-0.2, 0) is 15.0 Å². The van der Waals surface area contributed by atoms with Crippen LogP contribution < -0.4 is 11.1 Å². The Hall–Kier alpha value is -2.37. The Kier molecular flexibility index (Phi) is 6.86. The second kappa shape index (κ2) is 8.76. The summed E-state index contributed by atoms with van der Waals surface area (Å²) < 4.78 is 0. The van der Waals surface area contributed by atoms with Crippen molar-refractivity contribution in [2.75, 3.05) is 13.1 Å². The third kappa shape index (κ3) is 5.33. The Morgan fingerprint density at radius 1 is 1.07 bits per heavy atom. The number of nitrogens with zero attached hydrogens (tertiary/aromatic N) is 1. The first-order chi connectivity index (χ1) is 13.0. The summed E-state index contributed by atoms with van der Waals surface area (Å²) in [6, 6.07) is 6.91. The molecule has 1 heterocycles. The van der Waals surface area contributed by atoms with Crippen LogP contribution in [0, 0.1) is 11.8 Å². The number of nitrogens with two attached hydrogens (primary N) is 1. The van der Waals surface area contributed by atoms with Gasteiger partial charge in [0, 0.05) is 24.6 Å². The van der Waals surface area contributed by atoms with Gasteiger partial charge in [-0.1, -0.05) is 46.8 Å². The van der Waals surface area contributed by atoms with Crippen LogP contribution in [0.2, 0.25) is 0 Å². The second-order valence-electron chi connectivity index (χ2n) is 9.02. The monoisotopic (exact) mass is 387 g/mol. The molecule has 1 aliphatic heterocycles. The molecule has 1 atom stereocenters. The van der Waals surface area contributed by atoms with Gasteiger partial charge in [-0.05, 0) is 41.9 Å². The number of benzene rings is 1. The summed E-state index contributed by atoms with van der Waals surface area (Å²) in [5, 5.41) is 2.90. The minimum absolute atomic E-state index is 0.0163. The average molecular weight is 388 g/mol. The minimum Gasteiger partial charge on any atom is -0.369 e. The lowest BCUT2D eigenvalue weighted by molar-refractivity contribution is -0.137. The van der Waals surface area contributed by atoms with Gasteiger partial charge in [0.25, 0.3) is 5.91 Å². The van der Waals surface area contributed by atoms with Crippen LogP contribution in [0.4, 0.5) is 0 Å². The fraction of sp³-hybridized carbons (Fsp3) is 0.591. The molecule has 1 aromatic carbocycles. The number of rotatable bonds is 5. The Morgan fingerprint density at radius 3 is 2.04 bits per heavy atom. The van der Waals surface area contributed by atoms with Crippen LogP contribution in [-0.4, -0.2) is 41.8 Å². The van der Waals surface area contributed by atoms with Crippen LogP contribution in [0.3, 0.4) is 0 Å². The number of hydrogen-bond acceptors (Lipinski definition) is 3. The highest BCUT2D eigenvalue weighted by atomic mass is 16.2. The highest BCUT2D eigenvalue weighted by Gasteiger charge is 2.32. The lowest BCUT2D eigenvalue weighted by atomic mass is 9.86. The maximum atomic E-state index is 13.0. The molecule has 154 valence electrons. The summed E-state index contributed by atoms with van der Waals surface area (Å²) in [4.78, 5) is 38.7. The first-order valence-corrected chi connectivity index (χ1v) is 10.00. The smallest absolute Gasteiger partial charge is 0.251 e. The molecule has 6 nitrogen and oxygen atoms in total. The zero-order valence-electron chi connectivity index (χ0n) is 17.6. The van der Waals surface area contributed by atoms with Crippen molar-refractivity contribution in [3.63, 3.8) is 0 Å². The van der Waals surface area contributed by atoms with Crippen LogP contribution in [0.15, 0.2) is 24.3 Å². The SMILES string of the molecule is CC(C)C(NC(=O)c1ccc(C(C)(C)C)cc1)C(=O)N1CCC(C(N)=O)CC1. The molecule has 3 N–H and O–H groups in total. The maximum absolute atomic E-state index is 13.0. The quantitative estimate of drug-likeness (QED) is 0.813. The molecule has 6 heteroatoms. The van der Waals surface area contributed by atoms with Crippen molar-refractivity contribution in [2.45, 2.75) is 58.9 Å². The second-order valence-corrected chi connectivity index (χ2v) is 9.02. The van der Waals surface area contributed by atoms with Crippen molar-refractivity contribution in [2.24, 2.45) is 17.6 Å². The van der Waals surface area contributed by atoms with Gasteiger partial charge in [0.1, 0.15) is 6.04 Å². The van der Waals surface area contributed by atoms with Crippen molar-refractivity contribution in [1.29, 1.82) is 0 Å². The first kappa shape index (κ1) is 21.9. The van der Waals surface area contributed by atoms with Crippen molar-refractivity contribution >= 4 is 17.7 Å². The number of piperidine rings is 1. The van der Waals surface area contributed by atoms with Crippen LogP contribution >= 0.6 is 0 Å². The minimum atomic E-state index is -0.597. The Balaban J connectivity index is 2.05. The van der Waals surface area contributed by atoms with Gasteiger partial charge in [-0.3, -0.25) is 14.4 Å². The van der Waals surface area contributed by atoms with E-state index in [0.29, 0.717) is 31.5 Å². The molecular weight excluding hydrogens is 354 g/mol. The highest BCUT2D eigenvalue weighted by Crippen LogP contribution is 2.22. The van der Waals surface area contributed by atoms with E-state index < -0.39 is 6.04 Å². The number of carbonyl (C=O) groups is 3. The Labute approximate surface area is 167 Å². The summed E-state index contributed by atoms with van der Waals surface area (Å²) in [5.74, 6) is -0.867. The number of carbonyl (C=O) groups excluding carboxylic acids is 3. The summed E-state index contributed by atoms with van der Waals surface area (Å²) in [6.45, 7) is 11.2. The third-order valence-electron chi connectivity index (χ3n) is 5.44. The molecule has 0 spiro atoms. The largest absolute Gasteiger partial charge is 0.369 e. The molecule has 0 radical (unpaired) electrons. The molecule has 0 bridgehead atoms. The van der Waals surface area contributed by atoms with Crippen LogP contribution in [0.25, 0.3) is 0 Å². The normalized spacial score (nSPS) is 16.7. The molecule has 2 rings (SSSR count). The molecule has 1 unspecified atom stereocenters. The number of likely N-dealkylation sites (tertiary alicyclic amines) is 1. The molecule has 0 aromatic heterocycles. The van der Waals surface area contributed by atoms with E-state index in [1.54, 1.807) is 17.0 Å². The molecule has 28 heavy (non-hydrogen) atoms. The van der Waals surface area contributed by atoms with Crippen molar-refractivity contribution < 1.29 is 14.4 Å². The zero-order chi connectivity index (χ0) is 21.1. The van der Waals surface area contributed by atoms with Gasteiger partial charge in [-0.2, -0.15) is 0 Å². The summed E-state index contributed by atoms with van der Waals surface area (Å²) in [5.41, 5.74) is 7.07. The Morgan fingerprint density at radius 2 is 1.61 bits per heavy atom. The predicted molar refractivity (Wildman–Crippen MR) is 110 cm³/mol. The van der Waals surface area contributed by atoms with Crippen molar-refractivity contribution in [3.05, 3.63) is 35.4 Å². The van der Waals surface area contributed by atoms with E-state index in [2.05, 4.69) is 26.1 Å². The lowest BCUT2D eigenvalue weighted by Crippen LogP contribution is -2.53. The van der Waals surface area contributed by atoms with Gasteiger partial charge in [0.15, 0.2) is 0 Å². The fourth-order valence-corrected chi connectivity index (χ4v) is 3.44. The Bertz CT molecular complexity index is 712. The van der Waals surface area contributed by atoms with Gasteiger partial charge in [-0.15, -0.1) is 0 Å². The summed E-state index contributed by atoms with van der Waals surface area (Å²) in [7, 11) is 0. The number of amides is 3. The topological polar surface area (TPSA) is 92.5 Å². The molecule has 3 amide bonds. The number of nitrogens with one attached hydrogen (secondary N) is 1. The van der Waals surface area contributed by atoms with E-state index >= 15 is 0 Å². The van der Waals surface area contributed by atoms with Crippen LogP contribution in [0.5, 0.6) is 0 Å². The third-order valence-corrected chi connectivity index (χ3v) is 5.44. The molecular formula is C22H33N3O3. The lowest BCUT2D eigenvalue weighted by Gasteiger charge is -2.34. The molecule has 1 saturated heterocycles. The van der Waals surface area contributed by atoms with E-state index in [0.717, 1.165) is 5.56 Å². The van der Waals surface area contributed by atoms with Gasteiger partial charge in [0.2, 0.25) is 11.8 Å². The number of hydrogen-bond donors (Lipinski definition) is 2. The average Bonchev–Trinajstić information content (AvgIpc) is 2.64. The first-order valence-electron chi connectivity index (χ1n) is 10.00. The molecule has 0 aliphatic carbocycles. The van der Waals surface area contributed by atoms with E-state index in [1.165, 1.54) is 0 Å². The van der Waals surface area contributed by atoms with Gasteiger partial charge >= 0.3 is 0 Å². The van der Waals surface area contributed by atoms with Gasteiger partial charge in [-0.25, -0.2) is 0 Å². The van der Waals surface area contributed by atoms with Gasteiger partial charge in [0.05, 0.1) is 0 Å². The molecule has 1 fully saturated rings. The van der Waals surface area contributed by atoms with Crippen molar-refractivity contribution in [1.82, 2.24) is 10.2 Å². The fourth-order valence-electron chi connectivity index (χ4n) is 3.44. The molecule has 1 aromatic rings. The molecule has 1 aliphatic rings. The van der Waals surface area contributed by atoms with E-state index in [9.17, 15) is 14.4 Å². The van der Waals surface area contributed by atoms with E-state index in [-0.39, 0.29) is 35.0 Å². The highest BCUT2D eigenvalue weighted by molar-refractivity contribution is 5.97. The predicted octanol–water partition coefficient (Wildman–Crippen LogP) is 2.46. The van der Waals surface area contributed by atoms with Crippen LogP contribution in [0.1, 0.15) is 63.4 Å². The maximum Gasteiger partial charge on any atom is 0.251 e. The van der Waals surface area contributed by atoms with Gasteiger partial charge < -0.3 is 16.0 Å². The molecule has 0 saturated carbocycles.